The quantitative estimate of drug-likeness (QED) is 0.807. The summed E-state index contributed by atoms with van der Waals surface area (Å²) in [6, 6.07) is 3.19. The van der Waals surface area contributed by atoms with Gasteiger partial charge in [-0.1, -0.05) is 11.6 Å². The van der Waals surface area contributed by atoms with Crippen molar-refractivity contribution in [2.24, 2.45) is 11.7 Å². The largest absolute Gasteiger partial charge is 0.493 e. The molecule has 1 fully saturated rings. The Hall–Kier alpha value is -1.46. The zero-order valence-electron chi connectivity index (χ0n) is 11.3. The molecule has 1 unspecified atom stereocenters. The van der Waals surface area contributed by atoms with Gasteiger partial charge in [-0.3, -0.25) is 4.79 Å². The molecule has 0 heterocycles. The lowest BCUT2D eigenvalue weighted by molar-refractivity contribution is -0.138. The number of benzene rings is 1. The number of carboxylic acids is 1. The maximum Gasteiger partial charge on any atom is 0.312 e. The van der Waals surface area contributed by atoms with E-state index in [-0.39, 0.29) is 6.54 Å². The Morgan fingerprint density at radius 1 is 1.50 bits per heavy atom. The number of aliphatic carboxylic acids is 1. The molecule has 1 saturated carbocycles. The van der Waals surface area contributed by atoms with E-state index in [2.05, 4.69) is 0 Å². The van der Waals surface area contributed by atoms with Gasteiger partial charge in [0.1, 0.15) is 0 Å². The first-order valence-corrected chi connectivity index (χ1v) is 6.87. The zero-order valence-corrected chi connectivity index (χ0v) is 12.0. The fourth-order valence-electron chi connectivity index (χ4n) is 1.94. The first-order chi connectivity index (χ1) is 9.56. The number of nitrogens with two attached hydrogens (primary N) is 1. The molecule has 0 saturated heterocycles. The van der Waals surface area contributed by atoms with Crippen LogP contribution in [0.2, 0.25) is 5.02 Å². The lowest BCUT2D eigenvalue weighted by Crippen LogP contribution is -2.21. The van der Waals surface area contributed by atoms with Gasteiger partial charge >= 0.3 is 5.97 Å². The smallest absolute Gasteiger partial charge is 0.312 e. The number of carboxylic acid groups (broad SMARTS) is 1. The Labute approximate surface area is 122 Å². The fraction of sp³-hybridized carbons (Fsp3) is 0.500. The van der Waals surface area contributed by atoms with Gasteiger partial charge < -0.3 is 20.3 Å². The molecule has 0 bridgehead atoms. The van der Waals surface area contributed by atoms with Crippen molar-refractivity contribution in [3.05, 3.63) is 22.7 Å². The maximum atomic E-state index is 11.2. The second-order valence-electron chi connectivity index (χ2n) is 4.91. The molecule has 1 atom stereocenters. The molecule has 20 heavy (non-hydrogen) atoms. The summed E-state index contributed by atoms with van der Waals surface area (Å²) in [5, 5.41) is 9.49. The van der Waals surface area contributed by atoms with Crippen LogP contribution in [0.4, 0.5) is 0 Å². The monoisotopic (exact) mass is 299 g/mol. The molecule has 0 radical (unpaired) electrons. The van der Waals surface area contributed by atoms with Gasteiger partial charge in [-0.2, -0.15) is 0 Å². The van der Waals surface area contributed by atoms with E-state index in [0.717, 1.165) is 0 Å². The lowest BCUT2D eigenvalue weighted by Gasteiger charge is -2.16. The van der Waals surface area contributed by atoms with Gasteiger partial charge in [0.15, 0.2) is 11.5 Å². The van der Waals surface area contributed by atoms with Crippen LogP contribution in [0.3, 0.4) is 0 Å². The molecular weight excluding hydrogens is 282 g/mol. The molecule has 0 amide bonds. The van der Waals surface area contributed by atoms with Crippen LogP contribution >= 0.6 is 11.6 Å². The third-order valence-electron chi connectivity index (χ3n) is 3.36. The first kappa shape index (κ1) is 14.9. The third-order valence-corrected chi connectivity index (χ3v) is 3.69. The van der Waals surface area contributed by atoms with Crippen LogP contribution in [-0.4, -0.2) is 31.3 Å². The summed E-state index contributed by atoms with van der Waals surface area (Å²) in [7, 11) is 1.51. The van der Waals surface area contributed by atoms with E-state index < -0.39 is 11.9 Å². The van der Waals surface area contributed by atoms with E-state index in [4.69, 9.17) is 31.9 Å². The molecule has 1 aromatic rings. The number of ether oxygens (including phenoxy) is 2. The van der Waals surface area contributed by atoms with Gasteiger partial charge in [-0.25, -0.2) is 0 Å². The van der Waals surface area contributed by atoms with E-state index in [1.165, 1.54) is 20.0 Å². The van der Waals surface area contributed by atoms with Crippen molar-refractivity contribution >= 4 is 17.6 Å². The Balaban J connectivity index is 2.27. The van der Waals surface area contributed by atoms with E-state index in [9.17, 15) is 4.79 Å². The topological polar surface area (TPSA) is 81.8 Å². The summed E-state index contributed by atoms with van der Waals surface area (Å²) in [6.45, 7) is 0.603. The van der Waals surface area contributed by atoms with Gasteiger partial charge in [-0.15, -0.1) is 0 Å². The zero-order chi connectivity index (χ0) is 14.7. The van der Waals surface area contributed by atoms with E-state index in [0.29, 0.717) is 34.6 Å². The molecule has 2 rings (SSSR count). The number of hydrogen-bond acceptors (Lipinski definition) is 4. The highest BCUT2D eigenvalue weighted by atomic mass is 35.5. The molecule has 0 aromatic heterocycles. The predicted molar refractivity (Wildman–Crippen MR) is 75.7 cm³/mol. The van der Waals surface area contributed by atoms with Crippen molar-refractivity contribution in [3.8, 4) is 11.5 Å². The van der Waals surface area contributed by atoms with Crippen LogP contribution in [0.1, 0.15) is 24.3 Å². The minimum absolute atomic E-state index is 0.0273. The number of carbonyl (C=O) groups is 1. The summed E-state index contributed by atoms with van der Waals surface area (Å²) in [4.78, 5) is 11.2. The average Bonchev–Trinajstić information content (AvgIpc) is 3.22. The van der Waals surface area contributed by atoms with Gasteiger partial charge in [0.2, 0.25) is 0 Å². The van der Waals surface area contributed by atoms with Gasteiger partial charge in [-0.05, 0) is 30.4 Å². The van der Waals surface area contributed by atoms with Crippen molar-refractivity contribution in [2.75, 3.05) is 20.3 Å². The van der Waals surface area contributed by atoms with Crippen LogP contribution in [0.25, 0.3) is 0 Å². The van der Waals surface area contributed by atoms with E-state index in [1.54, 1.807) is 12.1 Å². The van der Waals surface area contributed by atoms with Gasteiger partial charge in [0, 0.05) is 17.6 Å². The SMILES string of the molecule is COc1cc(C(CN)C(=O)O)c(Cl)cc1OCC1CC1. The third kappa shape index (κ3) is 3.35. The molecular formula is C14H18ClNO4. The second-order valence-corrected chi connectivity index (χ2v) is 5.31. The summed E-state index contributed by atoms with van der Waals surface area (Å²) >= 11 is 6.15. The van der Waals surface area contributed by atoms with E-state index in [1.807, 2.05) is 0 Å². The molecule has 1 aliphatic rings. The second kappa shape index (κ2) is 6.33. The van der Waals surface area contributed by atoms with Crippen molar-refractivity contribution in [2.45, 2.75) is 18.8 Å². The molecule has 0 aliphatic heterocycles. The van der Waals surface area contributed by atoms with E-state index >= 15 is 0 Å². The predicted octanol–water partition coefficient (Wildman–Crippen LogP) is 2.26. The highest BCUT2D eigenvalue weighted by Gasteiger charge is 2.25. The van der Waals surface area contributed by atoms with Crippen LogP contribution in [-0.2, 0) is 4.79 Å². The first-order valence-electron chi connectivity index (χ1n) is 6.50. The summed E-state index contributed by atoms with van der Waals surface area (Å²) in [5.74, 6) is -0.245. The summed E-state index contributed by atoms with van der Waals surface area (Å²) in [6.07, 6.45) is 2.37. The summed E-state index contributed by atoms with van der Waals surface area (Å²) in [5.41, 5.74) is 5.94. The van der Waals surface area contributed by atoms with Crippen molar-refractivity contribution in [1.82, 2.24) is 0 Å². The molecule has 5 nitrogen and oxygen atoms in total. The highest BCUT2D eigenvalue weighted by Crippen LogP contribution is 2.38. The van der Waals surface area contributed by atoms with Crippen LogP contribution in [0, 0.1) is 5.92 Å². The number of methoxy groups -OCH3 is 1. The molecule has 1 aromatic carbocycles. The Kier molecular flexibility index (Phi) is 4.73. The minimum Gasteiger partial charge on any atom is -0.493 e. The fourth-order valence-corrected chi connectivity index (χ4v) is 2.23. The normalized spacial score (nSPS) is 15.8. The summed E-state index contributed by atoms with van der Waals surface area (Å²) < 4.78 is 10.9. The molecule has 0 spiro atoms. The van der Waals surface area contributed by atoms with Crippen LogP contribution in [0.5, 0.6) is 11.5 Å². The standard InChI is InChI=1S/C14H18ClNO4/c1-19-12-4-9(10(6-16)14(17)18)11(15)5-13(12)20-7-8-2-3-8/h4-5,8,10H,2-3,6-7,16H2,1H3,(H,17,18). The molecule has 110 valence electrons. The molecule has 6 heteroatoms. The van der Waals surface area contributed by atoms with Crippen molar-refractivity contribution < 1.29 is 19.4 Å². The van der Waals surface area contributed by atoms with Crippen molar-refractivity contribution in [1.29, 1.82) is 0 Å². The van der Waals surface area contributed by atoms with Gasteiger partial charge in [0.25, 0.3) is 0 Å². The van der Waals surface area contributed by atoms with Crippen molar-refractivity contribution in [3.63, 3.8) is 0 Å². The van der Waals surface area contributed by atoms with Crippen LogP contribution in [0.15, 0.2) is 12.1 Å². The van der Waals surface area contributed by atoms with Crippen LogP contribution < -0.4 is 15.2 Å². The maximum absolute atomic E-state index is 11.2. The average molecular weight is 300 g/mol. The number of rotatable bonds is 7. The molecule has 3 N–H and O–H groups in total. The highest BCUT2D eigenvalue weighted by molar-refractivity contribution is 6.31. The Bertz CT molecular complexity index is 502. The number of halogens is 1. The molecule has 1 aliphatic carbocycles. The minimum atomic E-state index is -1.01. The number of hydrogen-bond donors (Lipinski definition) is 2. The lowest BCUT2D eigenvalue weighted by atomic mass is 9.99. The van der Waals surface area contributed by atoms with Gasteiger partial charge in [0.05, 0.1) is 19.6 Å². The Morgan fingerprint density at radius 3 is 2.70 bits per heavy atom. The Morgan fingerprint density at radius 2 is 2.20 bits per heavy atom.